The van der Waals surface area contributed by atoms with E-state index in [0.29, 0.717) is 22.3 Å². The van der Waals surface area contributed by atoms with E-state index in [1.165, 1.54) is 12.1 Å². The van der Waals surface area contributed by atoms with Crippen molar-refractivity contribution in [3.8, 4) is 6.07 Å². The Labute approximate surface area is 108 Å². The molecule has 0 aromatic heterocycles. The second-order valence-corrected chi connectivity index (χ2v) is 6.18. The molecule has 0 amide bonds. The first-order chi connectivity index (χ1) is 8.30. The Kier molecular flexibility index (Phi) is 2.85. The summed E-state index contributed by atoms with van der Waals surface area (Å²) in [6.45, 7) is 9.86. The zero-order chi connectivity index (χ0) is 13.6. The van der Waals surface area contributed by atoms with Gasteiger partial charge in [-0.15, -0.1) is 0 Å². The summed E-state index contributed by atoms with van der Waals surface area (Å²) in [5, 5.41) is 12.2. The van der Waals surface area contributed by atoms with Crippen molar-refractivity contribution >= 4 is 5.69 Å². The molecule has 1 saturated carbocycles. The van der Waals surface area contributed by atoms with Gasteiger partial charge in [-0.2, -0.15) is 5.26 Å². The summed E-state index contributed by atoms with van der Waals surface area (Å²) >= 11 is 0. The zero-order valence-electron chi connectivity index (χ0n) is 11.3. The average Bonchev–Trinajstić information content (AvgIpc) is 2.68. The molecular weight excluding hydrogens is 227 g/mol. The Morgan fingerprint density at radius 2 is 1.89 bits per heavy atom. The van der Waals surface area contributed by atoms with Gasteiger partial charge < -0.3 is 5.32 Å². The highest BCUT2D eigenvalue weighted by Gasteiger charge is 2.64. The van der Waals surface area contributed by atoms with Gasteiger partial charge in [-0.25, -0.2) is 4.39 Å². The second-order valence-electron chi connectivity index (χ2n) is 6.18. The molecule has 0 unspecified atom stereocenters. The molecule has 0 atom stereocenters. The lowest BCUT2D eigenvalue weighted by Gasteiger charge is -2.09. The highest BCUT2D eigenvalue weighted by atomic mass is 19.1. The molecule has 18 heavy (non-hydrogen) atoms. The molecule has 0 heterocycles. The Morgan fingerprint density at radius 1 is 1.28 bits per heavy atom. The molecule has 96 valence electrons. The van der Waals surface area contributed by atoms with E-state index >= 15 is 0 Å². The number of hydrogen-bond donors (Lipinski definition) is 1. The normalized spacial score (nSPS) is 20.2. The number of hydrogen-bond acceptors (Lipinski definition) is 2. The minimum atomic E-state index is -0.371. The molecule has 1 aliphatic rings. The van der Waals surface area contributed by atoms with Crippen molar-refractivity contribution in [3.63, 3.8) is 0 Å². The monoisotopic (exact) mass is 246 g/mol. The SMILES string of the molecule is CC1(C)C(CNc2ccc(F)cc2C#N)C1(C)C. The molecule has 1 aromatic carbocycles. The fourth-order valence-corrected chi connectivity index (χ4v) is 2.82. The van der Waals surface area contributed by atoms with Crippen LogP contribution in [-0.2, 0) is 0 Å². The molecule has 0 radical (unpaired) electrons. The first kappa shape index (κ1) is 12.9. The number of anilines is 1. The van der Waals surface area contributed by atoms with Gasteiger partial charge in [0, 0.05) is 6.54 Å². The van der Waals surface area contributed by atoms with Crippen molar-refractivity contribution in [1.29, 1.82) is 5.26 Å². The molecular formula is C15H19FN2. The van der Waals surface area contributed by atoms with Gasteiger partial charge in [-0.1, -0.05) is 27.7 Å². The van der Waals surface area contributed by atoms with E-state index in [1.54, 1.807) is 6.07 Å². The van der Waals surface area contributed by atoms with Gasteiger partial charge in [0.05, 0.1) is 11.3 Å². The van der Waals surface area contributed by atoms with Crippen LogP contribution in [0.15, 0.2) is 18.2 Å². The van der Waals surface area contributed by atoms with Crippen LogP contribution in [0.5, 0.6) is 0 Å². The lowest BCUT2D eigenvalue weighted by atomic mass is 10.0. The van der Waals surface area contributed by atoms with Gasteiger partial charge in [-0.3, -0.25) is 0 Å². The predicted molar refractivity (Wildman–Crippen MR) is 70.7 cm³/mol. The number of nitrogens with one attached hydrogen (secondary N) is 1. The van der Waals surface area contributed by atoms with Gasteiger partial charge in [-0.05, 0) is 34.9 Å². The molecule has 2 rings (SSSR count). The Hall–Kier alpha value is -1.56. The predicted octanol–water partition coefficient (Wildman–Crippen LogP) is 3.79. The van der Waals surface area contributed by atoms with Crippen molar-refractivity contribution in [3.05, 3.63) is 29.6 Å². The summed E-state index contributed by atoms with van der Waals surface area (Å²) in [6, 6.07) is 6.31. The van der Waals surface area contributed by atoms with Crippen LogP contribution in [0.4, 0.5) is 10.1 Å². The van der Waals surface area contributed by atoms with Crippen molar-refractivity contribution < 1.29 is 4.39 Å². The van der Waals surface area contributed by atoms with E-state index in [1.807, 2.05) is 6.07 Å². The summed E-state index contributed by atoms with van der Waals surface area (Å²) in [7, 11) is 0. The topological polar surface area (TPSA) is 35.8 Å². The number of halogens is 1. The van der Waals surface area contributed by atoms with E-state index in [2.05, 4.69) is 33.0 Å². The number of nitriles is 1. The van der Waals surface area contributed by atoms with Crippen LogP contribution in [0.3, 0.4) is 0 Å². The molecule has 1 aliphatic carbocycles. The molecule has 0 bridgehead atoms. The number of benzene rings is 1. The van der Waals surface area contributed by atoms with Crippen molar-refractivity contribution in [2.75, 3.05) is 11.9 Å². The molecule has 0 aliphatic heterocycles. The standard InChI is InChI=1S/C15H19FN2/c1-14(2)13(15(14,3)4)9-18-12-6-5-11(16)7-10(12)8-17/h5-7,13,18H,9H2,1-4H3. The molecule has 0 spiro atoms. The lowest BCUT2D eigenvalue weighted by Crippen LogP contribution is -2.09. The summed E-state index contributed by atoms with van der Waals surface area (Å²) in [6.07, 6.45) is 0. The van der Waals surface area contributed by atoms with Crippen LogP contribution in [0.2, 0.25) is 0 Å². The summed E-state index contributed by atoms with van der Waals surface area (Å²) in [5.41, 5.74) is 1.71. The van der Waals surface area contributed by atoms with E-state index in [-0.39, 0.29) is 5.82 Å². The minimum absolute atomic E-state index is 0.312. The van der Waals surface area contributed by atoms with Crippen molar-refractivity contribution in [2.24, 2.45) is 16.7 Å². The summed E-state index contributed by atoms with van der Waals surface area (Å²) in [4.78, 5) is 0. The second kappa shape index (κ2) is 3.98. The maximum Gasteiger partial charge on any atom is 0.124 e. The summed E-state index contributed by atoms with van der Waals surface area (Å²) < 4.78 is 13.0. The lowest BCUT2D eigenvalue weighted by molar-refractivity contribution is 0.457. The minimum Gasteiger partial charge on any atom is -0.384 e. The van der Waals surface area contributed by atoms with E-state index in [4.69, 9.17) is 5.26 Å². The maximum absolute atomic E-state index is 13.0. The van der Waals surface area contributed by atoms with Gasteiger partial charge in [0.15, 0.2) is 0 Å². The maximum atomic E-state index is 13.0. The van der Waals surface area contributed by atoms with E-state index < -0.39 is 0 Å². The molecule has 1 aromatic rings. The number of nitrogens with zero attached hydrogens (tertiary/aromatic N) is 1. The van der Waals surface area contributed by atoms with Crippen LogP contribution in [0.25, 0.3) is 0 Å². The molecule has 2 nitrogen and oxygen atoms in total. The first-order valence-electron chi connectivity index (χ1n) is 6.24. The largest absolute Gasteiger partial charge is 0.384 e. The highest BCUT2D eigenvalue weighted by Crippen LogP contribution is 2.68. The quantitative estimate of drug-likeness (QED) is 0.880. The highest BCUT2D eigenvalue weighted by molar-refractivity contribution is 5.57. The van der Waals surface area contributed by atoms with Gasteiger partial charge in [0.25, 0.3) is 0 Å². The van der Waals surface area contributed by atoms with Crippen LogP contribution in [0.1, 0.15) is 33.3 Å². The Bertz CT molecular complexity index is 498. The Morgan fingerprint density at radius 3 is 2.39 bits per heavy atom. The van der Waals surface area contributed by atoms with Crippen LogP contribution < -0.4 is 5.32 Å². The third-order valence-corrected chi connectivity index (χ3v) is 4.92. The number of rotatable bonds is 3. The zero-order valence-corrected chi connectivity index (χ0v) is 11.3. The fourth-order valence-electron chi connectivity index (χ4n) is 2.82. The van der Waals surface area contributed by atoms with Crippen LogP contribution in [0, 0.1) is 33.9 Å². The molecule has 1 fully saturated rings. The van der Waals surface area contributed by atoms with Crippen LogP contribution in [-0.4, -0.2) is 6.54 Å². The van der Waals surface area contributed by atoms with Gasteiger partial charge in [0.2, 0.25) is 0 Å². The van der Waals surface area contributed by atoms with Crippen molar-refractivity contribution in [2.45, 2.75) is 27.7 Å². The Balaban J connectivity index is 2.07. The van der Waals surface area contributed by atoms with Gasteiger partial charge >= 0.3 is 0 Å². The third kappa shape index (κ3) is 1.86. The third-order valence-electron chi connectivity index (χ3n) is 4.92. The first-order valence-corrected chi connectivity index (χ1v) is 6.24. The summed E-state index contributed by atoms with van der Waals surface area (Å²) in [5.74, 6) is 0.200. The smallest absolute Gasteiger partial charge is 0.124 e. The van der Waals surface area contributed by atoms with Crippen molar-refractivity contribution in [1.82, 2.24) is 0 Å². The van der Waals surface area contributed by atoms with Gasteiger partial charge in [0.1, 0.15) is 11.9 Å². The van der Waals surface area contributed by atoms with E-state index in [9.17, 15) is 4.39 Å². The molecule has 3 heteroatoms. The molecule has 1 N–H and O–H groups in total. The molecule has 0 saturated heterocycles. The fraction of sp³-hybridized carbons (Fsp3) is 0.533. The van der Waals surface area contributed by atoms with Crippen LogP contribution >= 0.6 is 0 Å². The average molecular weight is 246 g/mol. The van der Waals surface area contributed by atoms with E-state index in [0.717, 1.165) is 12.2 Å².